The summed E-state index contributed by atoms with van der Waals surface area (Å²) in [7, 11) is -0.679. The Labute approximate surface area is 182 Å². The summed E-state index contributed by atoms with van der Waals surface area (Å²) in [4.78, 5) is 24.8. The van der Waals surface area contributed by atoms with Crippen LogP contribution in [0, 0.1) is 0 Å². The van der Waals surface area contributed by atoms with E-state index in [1.807, 2.05) is 13.0 Å². The van der Waals surface area contributed by atoms with E-state index in [2.05, 4.69) is 10.6 Å². The Morgan fingerprint density at radius 3 is 2.03 bits per heavy atom. The number of carbonyl (C=O) groups excluding carboxylic acids is 2. The standard InChI is InChI=1S/C22H28N2O6S/c1-4-5-9-12-31(27,28)15-21(25)23-17-13-20(30-3)18(14-19(17)29-2)24-22(26)16-10-7-6-8-11-16/h6-8,10-11,13-14H,4-5,9,12,15H2,1-3H3,(H,23,25)(H,24,26). The van der Waals surface area contributed by atoms with Crippen LogP contribution in [0.4, 0.5) is 11.4 Å². The highest BCUT2D eigenvalue weighted by Gasteiger charge is 2.20. The number of methoxy groups -OCH3 is 2. The fraction of sp³-hybridized carbons (Fsp3) is 0.364. The highest BCUT2D eigenvalue weighted by Crippen LogP contribution is 2.36. The summed E-state index contributed by atoms with van der Waals surface area (Å²) in [5.41, 5.74) is 1.05. The van der Waals surface area contributed by atoms with Crippen LogP contribution < -0.4 is 20.1 Å². The van der Waals surface area contributed by atoms with Crippen LogP contribution in [-0.2, 0) is 14.6 Å². The topological polar surface area (TPSA) is 111 Å². The predicted molar refractivity (Wildman–Crippen MR) is 121 cm³/mol. The van der Waals surface area contributed by atoms with Gasteiger partial charge in [-0.25, -0.2) is 8.42 Å². The van der Waals surface area contributed by atoms with E-state index in [9.17, 15) is 18.0 Å². The third-order valence-corrected chi connectivity index (χ3v) is 6.10. The maximum Gasteiger partial charge on any atom is 0.255 e. The van der Waals surface area contributed by atoms with Crippen molar-refractivity contribution in [3.05, 3.63) is 48.0 Å². The van der Waals surface area contributed by atoms with E-state index in [1.54, 1.807) is 24.3 Å². The number of ether oxygens (including phenoxy) is 2. The van der Waals surface area contributed by atoms with Gasteiger partial charge in [-0.3, -0.25) is 9.59 Å². The molecule has 0 unspecified atom stereocenters. The van der Waals surface area contributed by atoms with Gasteiger partial charge in [-0.1, -0.05) is 38.0 Å². The van der Waals surface area contributed by atoms with Crippen LogP contribution in [0.1, 0.15) is 36.5 Å². The van der Waals surface area contributed by atoms with Crippen molar-refractivity contribution in [3.8, 4) is 11.5 Å². The molecule has 2 aromatic carbocycles. The maximum atomic E-state index is 12.5. The van der Waals surface area contributed by atoms with Gasteiger partial charge in [-0.05, 0) is 18.6 Å². The van der Waals surface area contributed by atoms with Gasteiger partial charge in [0.05, 0.1) is 31.3 Å². The van der Waals surface area contributed by atoms with Gasteiger partial charge in [-0.15, -0.1) is 0 Å². The molecular formula is C22H28N2O6S. The predicted octanol–water partition coefficient (Wildman–Crippen LogP) is 3.50. The summed E-state index contributed by atoms with van der Waals surface area (Å²) in [6.45, 7) is 1.98. The van der Waals surface area contributed by atoms with Gasteiger partial charge in [0, 0.05) is 17.7 Å². The zero-order valence-electron chi connectivity index (χ0n) is 17.9. The average molecular weight is 449 g/mol. The first-order valence-electron chi connectivity index (χ1n) is 9.92. The van der Waals surface area contributed by atoms with Crippen molar-refractivity contribution < 1.29 is 27.5 Å². The lowest BCUT2D eigenvalue weighted by atomic mass is 10.2. The molecule has 2 N–H and O–H groups in total. The number of nitrogens with one attached hydrogen (secondary N) is 2. The highest BCUT2D eigenvalue weighted by molar-refractivity contribution is 7.92. The molecule has 0 bridgehead atoms. The normalized spacial score (nSPS) is 10.9. The van der Waals surface area contributed by atoms with Crippen LogP contribution in [0.3, 0.4) is 0 Å². The summed E-state index contributed by atoms with van der Waals surface area (Å²) < 4.78 is 34.9. The number of sulfone groups is 1. The third-order valence-electron chi connectivity index (χ3n) is 4.49. The van der Waals surface area contributed by atoms with E-state index in [-0.39, 0.29) is 28.8 Å². The van der Waals surface area contributed by atoms with Crippen molar-refractivity contribution >= 4 is 33.0 Å². The summed E-state index contributed by atoms with van der Waals surface area (Å²) >= 11 is 0. The van der Waals surface area contributed by atoms with Crippen LogP contribution in [0.5, 0.6) is 11.5 Å². The van der Waals surface area contributed by atoms with Crippen LogP contribution in [0.2, 0.25) is 0 Å². The monoisotopic (exact) mass is 448 g/mol. The first-order chi connectivity index (χ1) is 14.8. The maximum absolute atomic E-state index is 12.5. The molecule has 31 heavy (non-hydrogen) atoms. The fourth-order valence-electron chi connectivity index (χ4n) is 2.91. The van der Waals surface area contributed by atoms with Crippen molar-refractivity contribution in [1.29, 1.82) is 0 Å². The number of carbonyl (C=O) groups is 2. The largest absolute Gasteiger partial charge is 0.494 e. The fourth-order valence-corrected chi connectivity index (χ4v) is 4.17. The van der Waals surface area contributed by atoms with E-state index in [4.69, 9.17) is 9.47 Å². The molecule has 0 aliphatic carbocycles. The molecule has 2 aromatic rings. The lowest BCUT2D eigenvalue weighted by Crippen LogP contribution is -2.25. The minimum absolute atomic E-state index is 0.0286. The van der Waals surface area contributed by atoms with Crippen LogP contribution in [0.25, 0.3) is 0 Å². The molecule has 0 atom stereocenters. The molecule has 0 aromatic heterocycles. The Kier molecular flexibility index (Phi) is 8.87. The van der Waals surface area contributed by atoms with Crippen LogP contribution >= 0.6 is 0 Å². The SMILES string of the molecule is CCCCCS(=O)(=O)CC(=O)Nc1cc(OC)c(NC(=O)c2ccccc2)cc1OC. The molecule has 9 heteroatoms. The van der Waals surface area contributed by atoms with Crippen molar-refractivity contribution in [2.45, 2.75) is 26.2 Å². The zero-order valence-corrected chi connectivity index (χ0v) is 18.8. The second-order valence-electron chi connectivity index (χ2n) is 6.92. The molecule has 0 radical (unpaired) electrons. The molecule has 0 saturated carbocycles. The van der Waals surface area contributed by atoms with Gasteiger partial charge >= 0.3 is 0 Å². The number of amides is 2. The Bertz CT molecular complexity index is 1010. The van der Waals surface area contributed by atoms with E-state index in [0.717, 1.165) is 12.8 Å². The summed E-state index contributed by atoms with van der Waals surface area (Å²) in [6, 6.07) is 11.6. The van der Waals surface area contributed by atoms with Gasteiger partial charge in [-0.2, -0.15) is 0 Å². The molecule has 0 saturated heterocycles. The average Bonchev–Trinajstić information content (AvgIpc) is 2.74. The van der Waals surface area contributed by atoms with E-state index in [0.29, 0.717) is 17.7 Å². The molecule has 2 amide bonds. The van der Waals surface area contributed by atoms with Gasteiger partial charge in [0.25, 0.3) is 5.91 Å². The smallest absolute Gasteiger partial charge is 0.255 e. The van der Waals surface area contributed by atoms with Crippen molar-refractivity contribution in [1.82, 2.24) is 0 Å². The zero-order chi connectivity index (χ0) is 22.9. The minimum atomic E-state index is -3.50. The molecule has 0 aliphatic heterocycles. The number of rotatable bonds is 11. The Hall–Kier alpha value is -3.07. The summed E-state index contributed by atoms with van der Waals surface area (Å²) in [5.74, 6) is -1.12. The molecule has 0 fully saturated rings. The first kappa shape index (κ1) is 24.2. The number of hydrogen-bond acceptors (Lipinski definition) is 6. The molecule has 8 nitrogen and oxygen atoms in total. The van der Waals surface area contributed by atoms with Gasteiger partial charge in [0.1, 0.15) is 17.3 Å². The third kappa shape index (κ3) is 7.29. The Balaban J connectivity index is 2.17. The summed E-state index contributed by atoms with van der Waals surface area (Å²) in [5, 5.41) is 5.31. The first-order valence-corrected chi connectivity index (χ1v) is 11.7. The lowest BCUT2D eigenvalue weighted by molar-refractivity contribution is -0.113. The van der Waals surface area contributed by atoms with Crippen LogP contribution in [0.15, 0.2) is 42.5 Å². The van der Waals surface area contributed by atoms with Crippen LogP contribution in [-0.4, -0.2) is 46.0 Å². The Morgan fingerprint density at radius 1 is 0.903 bits per heavy atom. The minimum Gasteiger partial charge on any atom is -0.494 e. The molecular weight excluding hydrogens is 420 g/mol. The molecule has 0 heterocycles. The Morgan fingerprint density at radius 2 is 1.48 bits per heavy atom. The number of benzene rings is 2. The molecule has 2 rings (SSSR count). The molecule has 168 valence electrons. The quantitative estimate of drug-likeness (QED) is 0.509. The van der Waals surface area contributed by atoms with Gasteiger partial charge < -0.3 is 20.1 Å². The summed E-state index contributed by atoms with van der Waals surface area (Å²) in [6.07, 6.45) is 2.22. The molecule has 0 aliphatic rings. The van der Waals surface area contributed by atoms with E-state index in [1.165, 1.54) is 26.4 Å². The number of unbranched alkanes of at least 4 members (excludes halogenated alkanes) is 2. The van der Waals surface area contributed by atoms with E-state index >= 15 is 0 Å². The number of anilines is 2. The lowest BCUT2D eigenvalue weighted by Gasteiger charge is -2.16. The second-order valence-corrected chi connectivity index (χ2v) is 9.10. The van der Waals surface area contributed by atoms with Crippen molar-refractivity contribution in [2.24, 2.45) is 0 Å². The van der Waals surface area contributed by atoms with Gasteiger partial charge in [0.2, 0.25) is 5.91 Å². The second kappa shape index (κ2) is 11.4. The van der Waals surface area contributed by atoms with E-state index < -0.39 is 21.5 Å². The molecule has 0 spiro atoms. The van der Waals surface area contributed by atoms with Gasteiger partial charge in [0.15, 0.2) is 9.84 Å². The number of hydrogen-bond donors (Lipinski definition) is 2. The van der Waals surface area contributed by atoms with Crippen molar-refractivity contribution in [2.75, 3.05) is 36.4 Å². The highest BCUT2D eigenvalue weighted by atomic mass is 32.2. The van der Waals surface area contributed by atoms with Crippen molar-refractivity contribution in [3.63, 3.8) is 0 Å².